The third kappa shape index (κ3) is 3.29. The first kappa shape index (κ1) is 16.1. The number of alkyl halides is 2. The van der Waals surface area contributed by atoms with Crippen LogP contribution < -0.4 is 0 Å². The van der Waals surface area contributed by atoms with E-state index < -0.39 is 11.8 Å². The molecule has 1 aromatic carbocycles. The average molecular weight is 335 g/mol. The van der Waals surface area contributed by atoms with E-state index in [-0.39, 0.29) is 5.56 Å². The van der Waals surface area contributed by atoms with E-state index >= 15 is 0 Å². The Labute approximate surface area is 138 Å². The molecule has 0 spiro atoms. The van der Waals surface area contributed by atoms with Crippen LogP contribution in [-0.2, 0) is 10.7 Å². The quantitative estimate of drug-likeness (QED) is 0.805. The summed E-state index contributed by atoms with van der Waals surface area (Å²) in [5.74, 6) is -4.16. The second-order valence-corrected chi connectivity index (χ2v) is 6.84. The molecule has 0 bridgehead atoms. The second-order valence-electron chi connectivity index (χ2n) is 6.06. The molecule has 1 saturated heterocycles. The van der Waals surface area contributed by atoms with Crippen molar-refractivity contribution in [3.63, 3.8) is 0 Å². The zero-order valence-corrected chi connectivity index (χ0v) is 13.8. The molecule has 0 atom stereocenters. The molecule has 2 heterocycles. The zero-order chi connectivity index (χ0) is 16.4. The lowest BCUT2D eigenvalue weighted by atomic mass is 9.91. The first-order valence-electron chi connectivity index (χ1n) is 7.75. The van der Waals surface area contributed by atoms with Gasteiger partial charge >= 0.3 is 5.92 Å². The molecule has 0 saturated carbocycles. The number of carbonyl (C=O) groups excluding carboxylic acids is 1. The predicted molar refractivity (Wildman–Crippen MR) is 87.9 cm³/mol. The normalized spacial score (nSPS) is 16.6. The van der Waals surface area contributed by atoms with Crippen molar-refractivity contribution in [3.8, 4) is 0 Å². The lowest BCUT2D eigenvalue weighted by molar-refractivity contribution is -0.160. The molecule has 0 N–H and O–H groups in total. The van der Waals surface area contributed by atoms with Gasteiger partial charge in [0.2, 0.25) is 0 Å². The van der Waals surface area contributed by atoms with E-state index in [4.69, 9.17) is 0 Å². The van der Waals surface area contributed by atoms with Gasteiger partial charge in [0.25, 0.3) is 5.91 Å². The number of nitrogens with zero attached hydrogens (tertiary/aromatic N) is 1. The van der Waals surface area contributed by atoms with E-state index in [2.05, 4.69) is 11.4 Å². The summed E-state index contributed by atoms with van der Waals surface area (Å²) in [6.07, 6.45) is 1.49. The van der Waals surface area contributed by atoms with Crippen LogP contribution in [-0.4, -0.2) is 23.9 Å². The lowest BCUT2D eigenvalue weighted by Gasteiger charge is -2.34. The van der Waals surface area contributed by atoms with Crippen LogP contribution in [0.1, 0.15) is 35.4 Å². The summed E-state index contributed by atoms with van der Waals surface area (Å²) < 4.78 is 28.9. The third-order valence-corrected chi connectivity index (χ3v) is 5.18. The van der Waals surface area contributed by atoms with Gasteiger partial charge in [0, 0.05) is 18.7 Å². The molecule has 1 fully saturated rings. The van der Waals surface area contributed by atoms with Gasteiger partial charge in [-0.05, 0) is 48.1 Å². The predicted octanol–water partition coefficient (Wildman–Crippen LogP) is 4.55. The summed E-state index contributed by atoms with van der Waals surface area (Å²) in [5.41, 5.74) is 1.93. The Hall–Kier alpha value is -1.75. The highest BCUT2D eigenvalue weighted by Crippen LogP contribution is 2.34. The number of aryl methyl sites for hydroxylation is 1. The van der Waals surface area contributed by atoms with Crippen LogP contribution in [0.4, 0.5) is 8.78 Å². The van der Waals surface area contributed by atoms with E-state index in [9.17, 15) is 13.6 Å². The van der Waals surface area contributed by atoms with E-state index in [1.807, 2.05) is 12.3 Å². The summed E-state index contributed by atoms with van der Waals surface area (Å²) >= 11 is 1.64. The fourth-order valence-electron chi connectivity index (χ4n) is 3.01. The Kier molecular flexibility index (Phi) is 4.48. The number of hydrogen-bond acceptors (Lipinski definition) is 2. The molecule has 1 aromatic heterocycles. The number of hydrogen-bond donors (Lipinski definition) is 0. The van der Waals surface area contributed by atoms with Gasteiger partial charge in [-0.15, -0.1) is 0 Å². The van der Waals surface area contributed by atoms with Gasteiger partial charge in [0.05, 0.1) is 0 Å². The third-order valence-electron chi connectivity index (χ3n) is 4.48. The maximum absolute atomic E-state index is 14.4. The Morgan fingerprint density at radius 2 is 1.83 bits per heavy atom. The first-order chi connectivity index (χ1) is 11.0. The molecule has 3 rings (SSSR count). The fourth-order valence-corrected chi connectivity index (χ4v) is 3.75. The Morgan fingerprint density at radius 3 is 2.39 bits per heavy atom. The minimum Gasteiger partial charge on any atom is -0.337 e. The molecule has 0 unspecified atom stereocenters. The molecule has 122 valence electrons. The van der Waals surface area contributed by atoms with Gasteiger partial charge in [-0.1, -0.05) is 29.8 Å². The van der Waals surface area contributed by atoms with Gasteiger partial charge < -0.3 is 4.90 Å². The van der Waals surface area contributed by atoms with Gasteiger partial charge in [-0.2, -0.15) is 20.1 Å². The van der Waals surface area contributed by atoms with Crippen molar-refractivity contribution < 1.29 is 13.6 Å². The monoisotopic (exact) mass is 335 g/mol. The summed E-state index contributed by atoms with van der Waals surface area (Å²) in [6.45, 7) is 2.61. The van der Waals surface area contributed by atoms with Gasteiger partial charge in [-0.3, -0.25) is 4.79 Å². The first-order valence-corrected chi connectivity index (χ1v) is 8.69. The number of piperidine rings is 1. The number of halogens is 2. The number of likely N-dealkylation sites (tertiary alicyclic amines) is 1. The number of thiophene rings is 1. The molecule has 1 amide bonds. The molecule has 0 radical (unpaired) electrons. The van der Waals surface area contributed by atoms with Crippen molar-refractivity contribution in [2.75, 3.05) is 13.1 Å². The van der Waals surface area contributed by atoms with Crippen molar-refractivity contribution in [1.82, 2.24) is 4.90 Å². The maximum atomic E-state index is 14.4. The van der Waals surface area contributed by atoms with E-state index in [1.165, 1.54) is 22.6 Å². The van der Waals surface area contributed by atoms with Crippen LogP contribution >= 0.6 is 11.3 Å². The molecule has 23 heavy (non-hydrogen) atoms. The molecule has 1 aliphatic rings. The molecule has 2 aromatic rings. The highest BCUT2D eigenvalue weighted by Gasteiger charge is 2.44. The van der Waals surface area contributed by atoms with Crippen LogP contribution in [0.3, 0.4) is 0 Å². The summed E-state index contributed by atoms with van der Waals surface area (Å²) in [6, 6.07) is 7.98. The SMILES string of the molecule is Cc1ccc(C(F)(F)C(=O)N2CCC(c3ccsc3)CC2)cc1. The van der Waals surface area contributed by atoms with Crippen LogP contribution in [0.5, 0.6) is 0 Å². The van der Waals surface area contributed by atoms with Crippen molar-refractivity contribution in [2.45, 2.75) is 31.6 Å². The summed E-state index contributed by atoms with van der Waals surface area (Å²) in [4.78, 5) is 13.6. The summed E-state index contributed by atoms with van der Waals surface area (Å²) in [5, 5.41) is 4.13. The van der Waals surface area contributed by atoms with Crippen molar-refractivity contribution >= 4 is 17.2 Å². The molecule has 0 aliphatic carbocycles. The van der Waals surface area contributed by atoms with E-state index in [0.29, 0.717) is 19.0 Å². The summed E-state index contributed by atoms with van der Waals surface area (Å²) in [7, 11) is 0. The van der Waals surface area contributed by atoms with Crippen LogP contribution in [0, 0.1) is 6.92 Å². The largest absolute Gasteiger partial charge is 0.349 e. The van der Waals surface area contributed by atoms with Gasteiger partial charge in [0.1, 0.15) is 0 Å². The Bertz CT molecular complexity index is 659. The maximum Gasteiger partial charge on any atom is 0.349 e. The van der Waals surface area contributed by atoms with Crippen molar-refractivity contribution in [3.05, 3.63) is 57.8 Å². The lowest BCUT2D eigenvalue weighted by Crippen LogP contribution is -2.45. The highest BCUT2D eigenvalue weighted by atomic mass is 32.1. The molecular weight excluding hydrogens is 316 g/mol. The number of rotatable bonds is 3. The van der Waals surface area contributed by atoms with Gasteiger partial charge in [0.15, 0.2) is 0 Å². The molecule has 5 heteroatoms. The minimum atomic E-state index is -3.46. The number of carbonyl (C=O) groups is 1. The van der Waals surface area contributed by atoms with E-state index in [0.717, 1.165) is 18.4 Å². The van der Waals surface area contributed by atoms with Crippen LogP contribution in [0.2, 0.25) is 0 Å². The molecule has 2 nitrogen and oxygen atoms in total. The Balaban J connectivity index is 1.67. The average Bonchev–Trinajstić information content (AvgIpc) is 3.09. The van der Waals surface area contributed by atoms with Crippen LogP contribution in [0.15, 0.2) is 41.1 Å². The Morgan fingerprint density at radius 1 is 1.17 bits per heavy atom. The standard InChI is InChI=1S/C18H19F2NOS/c1-13-2-4-16(5-3-13)18(19,20)17(22)21-9-6-14(7-10-21)15-8-11-23-12-15/h2-5,8,11-12,14H,6-7,9-10H2,1H3. The number of amides is 1. The minimum absolute atomic E-state index is 0.229. The highest BCUT2D eigenvalue weighted by molar-refractivity contribution is 7.07. The zero-order valence-electron chi connectivity index (χ0n) is 13.0. The number of benzene rings is 1. The van der Waals surface area contributed by atoms with Gasteiger partial charge in [-0.25, -0.2) is 0 Å². The fraction of sp³-hybridized carbons (Fsp3) is 0.389. The van der Waals surface area contributed by atoms with Crippen LogP contribution in [0.25, 0.3) is 0 Å². The van der Waals surface area contributed by atoms with Crippen molar-refractivity contribution in [1.29, 1.82) is 0 Å². The molecule has 1 aliphatic heterocycles. The van der Waals surface area contributed by atoms with Crippen molar-refractivity contribution in [2.24, 2.45) is 0 Å². The molecular formula is C18H19F2NOS. The topological polar surface area (TPSA) is 20.3 Å². The smallest absolute Gasteiger partial charge is 0.337 e. The second kappa shape index (κ2) is 6.40. The van der Waals surface area contributed by atoms with E-state index in [1.54, 1.807) is 23.5 Å².